The summed E-state index contributed by atoms with van der Waals surface area (Å²) < 4.78 is 4.25. The molecule has 3 atom stereocenters. The largest absolute Gasteiger partial charge is 0.388 e. The molecule has 1 aliphatic rings. The van der Waals surface area contributed by atoms with Crippen molar-refractivity contribution in [2.45, 2.75) is 84.6 Å². The van der Waals surface area contributed by atoms with E-state index in [1.165, 1.54) is 32.1 Å². The summed E-state index contributed by atoms with van der Waals surface area (Å²) in [7, 11) is 3.25. The number of ether oxygens (including phenoxy) is 1. The summed E-state index contributed by atoms with van der Waals surface area (Å²) in [5.41, 5.74) is 0. The molecule has 1 fully saturated rings. The maximum Gasteiger partial charge on any atom is 0.234 e. The molecule has 1 heterocycles. The summed E-state index contributed by atoms with van der Waals surface area (Å²) in [5, 5.41) is 3.30. The minimum Gasteiger partial charge on any atom is -0.388 e. The summed E-state index contributed by atoms with van der Waals surface area (Å²) in [6.07, 6.45) is 11.0. The molecule has 5 heteroatoms. The Labute approximate surface area is 167 Å². The van der Waals surface area contributed by atoms with E-state index in [0.717, 1.165) is 45.1 Å². The predicted molar refractivity (Wildman–Crippen MR) is 113 cm³/mol. The molecule has 5 nitrogen and oxygen atoms in total. The van der Waals surface area contributed by atoms with Crippen molar-refractivity contribution in [3.8, 4) is 0 Å². The van der Waals surface area contributed by atoms with E-state index < -0.39 is 0 Å². The van der Waals surface area contributed by atoms with Crippen molar-refractivity contribution in [2.75, 3.05) is 33.9 Å². The van der Waals surface area contributed by atoms with Gasteiger partial charge in [0.25, 0.3) is 0 Å². The lowest BCUT2D eigenvalue weighted by Gasteiger charge is -2.27. The van der Waals surface area contributed by atoms with Gasteiger partial charge in [0.1, 0.15) is 6.29 Å². The minimum atomic E-state index is 0.156. The van der Waals surface area contributed by atoms with E-state index in [0.29, 0.717) is 18.5 Å². The molecular weight excluding hydrogens is 340 g/mol. The average Bonchev–Trinajstić information content (AvgIpc) is 2.88. The average molecular weight is 385 g/mol. The molecule has 0 saturated carbocycles. The number of aldehydes is 1. The van der Waals surface area contributed by atoms with E-state index in [4.69, 9.17) is 0 Å². The molecule has 1 saturated heterocycles. The second-order valence-corrected chi connectivity index (χ2v) is 7.95. The van der Waals surface area contributed by atoms with Crippen molar-refractivity contribution in [1.82, 2.24) is 10.2 Å². The molecule has 1 rings (SSSR count). The predicted octanol–water partition coefficient (Wildman–Crippen LogP) is 4.05. The van der Waals surface area contributed by atoms with Crippen LogP contribution >= 0.6 is 0 Å². The number of methoxy groups -OCH3 is 1. The van der Waals surface area contributed by atoms with Gasteiger partial charge in [-0.05, 0) is 51.1 Å². The zero-order valence-electron chi connectivity index (χ0n) is 18.5. The van der Waals surface area contributed by atoms with Gasteiger partial charge in [-0.25, -0.2) is 0 Å². The number of carbonyl (C=O) groups is 2. The Hall–Kier alpha value is -0.940. The Bertz CT molecular complexity index is 377. The lowest BCUT2D eigenvalue weighted by molar-refractivity contribution is -0.123. The maximum atomic E-state index is 12.5. The molecule has 1 amide bonds. The van der Waals surface area contributed by atoms with Crippen molar-refractivity contribution in [2.24, 2.45) is 11.8 Å². The molecule has 0 bridgehead atoms. The monoisotopic (exact) mass is 384 g/mol. The highest BCUT2D eigenvalue weighted by Gasteiger charge is 2.22. The van der Waals surface area contributed by atoms with Crippen LogP contribution in [0, 0.1) is 11.8 Å². The fourth-order valence-electron chi connectivity index (χ4n) is 3.58. The Kier molecular flexibility index (Phi) is 16.6. The van der Waals surface area contributed by atoms with E-state index in [-0.39, 0.29) is 11.8 Å². The summed E-state index contributed by atoms with van der Waals surface area (Å²) >= 11 is 0. The molecule has 0 aromatic carbocycles. The number of rotatable bonds is 11. The Morgan fingerprint density at radius 1 is 1.15 bits per heavy atom. The molecule has 0 aromatic heterocycles. The lowest BCUT2D eigenvalue weighted by Crippen LogP contribution is -2.45. The third-order valence-corrected chi connectivity index (χ3v) is 5.34. The van der Waals surface area contributed by atoms with Crippen LogP contribution in [-0.2, 0) is 14.3 Å². The molecule has 3 unspecified atom stereocenters. The van der Waals surface area contributed by atoms with Gasteiger partial charge in [-0.2, -0.15) is 0 Å². The van der Waals surface area contributed by atoms with Crippen LogP contribution in [-0.4, -0.2) is 57.0 Å². The van der Waals surface area contributed by atoms with Crippen LogP contribution in [0.3, 0.4) is 0 Å². The van der Waals surface area contributed by atoms with Gasteiger partial charge in [0.15, 0.2) is 0 Å². The van der Waals surface area contributed by atoms with E-state index >= 15 is 0 Å². The molecule has 0 spiro atoms. The maximum absolute atomic E-state index is 12.5. The fraction of sp³-hybridized carbons (Fsp3) is 0.909. The second-order valence-electron chi connectivity index (χ2n) is 7.95. The van der Waals surface area contributed by atoms with Crippen LogP contribution in [0.4, 0.5) is 0 Å². The summed E-state index contributed by atoms with van der Waals surface area (Å²) in [6.45, 7) is 8.98. The number of nitrogens with one attached hydrogen (secondary N) is 1. The van der Waals surface area contributed by atoms with Gasteiger partial charge in [-0.3, -0.25) is 9.69 Å². The molecule has 27 heavy (non-hydrogen) atoms. The minimum absolute atomic E-state index is 0.156. The fourth-order valence-corrected chi connectivity index (χ4v) is 3.58. The summed E-state index contributed by atoms with van der Waals surface area (Å²) in [5.74, 6) is 0.887. The van der Waals surface area contributed by atoms with Gasteiger partial charge in [0, 0.05) is 26.2 Å². The number of amides is 1. The number of nitrogens with zero attached hydrogens (tertiary/aromatic N) is 1. The van der Waals surface area contributed by atoms with Gasteiger partial charge in [-0.15, -0.1) is 0 Å². The Balaban J connectivity index is 0.00000210. The SMILES string of the molecule is CCCCC(C)C(CCCC)NC(=O)CN1CCCC(C=O)CC1.COC. The first-order valence-corrected chi connectivity index (χ1v) is 10.9. The van der Waals surface area contributed by atoms with Gasteiger partial charge in [0.2, 0.25) is 5.91 Å². The highest BCUT2D eigenvalue weighted by atomic mass is 16.4. The van der Waals surface area contributed by atoms with Crippen LogP contribution in [0.25, 0.3) is 0 Å². The van der Waals surface area contributed by atoms with Crippen LogP contribution in [0.15, 0.2) is 0 Å². The van der Waals surface area contributed by atoms with Gasteiger partial charge in [0.05, 0.1) is 6.54 Å². The number of likely N-dealkylation sites (tertiary alicyclic amines) is 1. The smallest absolute Gasteiger partial charge is 0.234 e. The number of hydrogen-bond donors (Lipinski definition) is 1. The van der Waals surface area contributed by atoms with Crippen molar-refractivity contribution >= 4 is 12.2 Å². The zero-order chi connectivity index (χ0) is 20.5. The highest BCUT2D eigenvalue weighted by molar-refractivity contribution is 5.78. The van der Waals surface area contributed by atoms with Crippen LogP contribution in [0.2, 0.25) is 0 Å². The van der Waals surface area contributed by atoms with Crippen molar-refractivity contribution in [3.63, 3.8) is 0 Å². The van der Waals surface area contributed by atoms with Gasteiger partial charge in [-0.1, -0.05) is 46.5 Å². The van der Waals surface area contributed by atoms with E-state index in [9.17, 15) is 9.59 Å². The zero-order valence-corrected chi connectivity index (χ0v) is 18.5. The van der Waals surface area contributed by atoms with Gasteiger partial charge < -0.3 is 14.8 Å². The van der Waals surface area contributed by atoms with Crippen LogP contribution in [0.1, 0.15) is 78.6 Å². The van der Waals surface area contributed by atoms with E-state index in [1.54, 1.807) is 14.2 Å². The molecule has 0 aromatic rings. The molecule has 0 radical (unpaired) electrons. The first kappa shape index (κ1) is 26.1. The van der Waals surface area contributed by atoms with Crippen molar-refractivity contribution < 1.29 is 14.3 Å². The molecular formula is C22H44N2O3. The first-order valence-electron chi connectivity index (χ1n) is 10.9. The Morgan fingerprint density at radius 2 is 1.78 bits per heavy atom. The second kappa shape index (κ2) is 17.2. The van der Waals surface area contributed by atoms with Gasteiger partial charge >= 0.3 is 0 Å². The molecule has 1 N–H and O–H groups in total. The standard InChI is InChI=1S/C20H38N2O2.C2H6O/c1-4-6-9-17(3)19(11-7-5-2)21-20(24)15-22-13-8-10-18(16-23)12-14-22;1-3-2/h16-19H,4-15H2,1-3H3,(H,21,24);1-2H3. The summed E-state index contributed by atoms with van der Waals surface area (Å²) in [6, 6.07) is 0.304. The molecule has 1 aliphatic heterocycles. The normalized spacial score (nSPS) is 20.0. The number of unbranched alkanes of at least 4 members (excludes halogenated alkanes) is 2. The van der Waals surface area contributed by atoms with Crippen LogP contribution < -0.4 is 5.32 Å². The highest BCUT2D eigenvalue weighted by Crippen LogP contribution is 2.18. The van der Waals surface area contributed by atoms with Crippen molar-refractivity contribution in [3.05, 3.63) is 0 Å². The molecule has 160 valence electrons. The quantitative estimate of drug-likeness (QED) is 0.546. The lowest BCUT2D eigenvalue weighted by atomic mass is 9.92. The third kappa shape index (κ3) is 13.0. The number of hydrogen-bond acceptors (Lipinski definition) is 4. The third-order valence-electron chi connectivity index (χ3n) is 5.34. The first-order chi connectivity index (χ1) is 13.0. The van der Waals surface area contributed by atoms with E-state index in [2.05, 4.69) is 35.7 Å². The van der Waals surface area contributed by atoms with E-state index in [1.807, 2.05) is 0 Å². The topological polar surface area (TPSA) is 58.6 Å². The van der Waals surface area contributed by atoms with Crippen molar-refractivity contribution in [1.29, 1.82) is 0 Å². The molecule has 0 aliphatic carbocycles. The summed E-state index contributed by atoms with van der Waals surface area (Å²) in [4.78, 5) is 25.7. The number of carbonyl (C=O) groups excluding carboxylic acids is 2. The van der Waals surface area contributed by atoms with Crippen LogP contribution in [0.5, 0.6) is 0 Å². The Morgan fingerprint density at radius 3 is 2.37 bits per heavy atom.